The lowest BCUT2D eigenvalue weighted by Gasteiger charge is -2.10. The number of aliphatic hydroxyl groups excluding tert-OH is 1. The fourth-order valence-corrected chi connectivity index (χ4v) is 2.82. The van der Waals surface area contributed by atoms with E-state index in [1.54, 1.807) is 0 Å². The summed E-state index contributed by atoms with van der Waals surface area (Å²) in [7, 11) is 0. The van der Waals surface area contributed by atoms with Crippen LogP contribution in [0.2, 0.25) is 0 Å². The molecule has 0 saturated carbocycles. The molecule has 0 radical (unpaired) electrons. The van der Waals surface area contributed by atoms with Crippen LogP contribution in [0.15, 0.2) is 0 Å². The Labute approximate surface area is 91.9 Å². The topological polar surface area (TPSA) is 32.3 Å². The molecule has 0 aromatic rings. The van der Waals surface area contributed by atoms with Crippen molar-refractivity contribution in [3.63, 3.8) is 0 Å². The number of aliphatic hydroxyl groups is 1. The van der Waals surface area contributed by atoms with E-state index in [1.165, 1.54) is 38.0 Å². The van der Waals surface area contributed by atoms with Gasteiger partial charge in [-0.15, -0.1) is 0 Å². The maximum atomic E-state index is 8.84. The highest BCUT2D eigenvalue weighted by Gasteiger charge is 2.12. The largest absolute Gasteiger partial charge is 0.396 e. The Morgan fingerprint density at radius 2 is 2.43 bits per heavy atom. The molecule has 1 fully saturated rings. The van der Waals surface area contributed by atoms with Crippen LogP contribution in [0.25, 0.3) is 0 Å². The normalized spacial score (nSPS) is 24.0. The van der Waals surface area contributed by atoms with Gasteiger partial charge in [-0.05, 0) is 49.7 Å². The quantitative estimate of drug-likeness (QED) is 0.639. The van der Waals surface area contributed by atoms with Crippen LogP contribution in [0.3, 0.4) is 0 Å². The van der Waals surface area contributed by atoms with Gasteiger partial charge in [0.05, 0.1) is 0 Å². The van der Waals surface area contributed by atoms with Crippen LogP contribution < -0.4 is 5.32 Å². The highest BCUT2D eigenvalue weighted by atomic mass is 32.2. The van der Waals surface area contributed by atoms with E-state index in [2.05, 4.69) is 12.2 Å². The highest BCUT2D eigenvalue weighted by molar-refractivity contribution is 7.99. The van der Waals surface area contributed by atoms with Crippen LogP contribution >= 0.6 is 11.8 Å². The van der Waals surface area contributed by atoms with E-state index in [0.29, 0.717) is 12.5 Å². The second-order valence-corrected chi connectivity index (χ2v) is 5.45. The first-order valence-electron chi connectivity index (χ1n) is 5.75. The molecule has 3 heteroatoms. The summed E-state index contributed by atoms with van der Waals surface area (Å²) in [5, 5.41) is 12.4. The molecule has 2 unspecified atom stereocenters. The van der Waals surface area contributed by atoms with Crippen LogP contribution in [0, 0.1) is 5.92 Å². The van der Waals surface area contributed by atoms with E-state index in [-0.39, 0.29) is 0 Å². The minimum Gasteiger partial charge on any atom is -0.396 e. The molecule has 1 aliphatic heterocycles. The fraction of sp³-hybridized carbons (Fsp3) is 1.00. The van der Waals surface area contributed by atoms with Gasteiger partial charge in [0.1, 0.15) is 0 Å². The van der Waals surface area contributed by atoms with Crippen LogP contribution in [0.5, 0.6) is 0 Å². The van der Waals surface area contributed by atoms with Gasteiger partial charge in [-0.3, -0.25) is 0 Å². The van der Waals surface area contributed by atoms with Crippen molar-refractivity contribution in [1.82, 2.24) is 5.32 Å². The fourth-order valence-electron chi connectivity index (χ4n) is 1.77. The molecule has 0 aliphatic carbocycles. The van der Waals surface area contributed by atoms with Gasteiger partial charge in [-0.2, -0.15) is 11.8 Å². The highest BCUT2D eigenvalue weighted by Crippen LogP contribution is 2.14. The molecule has 0 spiro atoms. The lowest BCUT2D eigenvalue weighted by molar-refractivity contribution is 0.250. The molecule has 0 aromatic heterocycles. The maximum absolute atomic E-state index is 8.84. The Morgan fingerprint density at radius 3 is 3.07 bits per heavy atom. The van der Waals surface area contributed by atoms with Gasteiger partial charge >= 0.3 is 0 Å². The summed E-state index contributed by atoms with van der Waals surface area (Å²) in [6.45, 7) is 3.65. The molecule has 14 heavy (non-hydrogen) atoms. The summed E-state index contributed by atoms with van der Waals surface area (Å²) in [6, 6.07) is 0.797. The van der Waals surface area contributed by atoms with Gasteiger partial charge in [0.2, 0.25) is 0 Å². The lowest BCUT2D eigenvalue weighted by Crippen LogP contribution is -2.21. The van der Waals surface area contributed by atoms with E-state index in [9.17, 15) is 0 Å². The van der Waals surface area contributed by atoms with Crippen LogP contribution in [0.1, 0.15) is 32.6 Å². The Hall–Kier alpha value is 0.270. The summed E-state index contributed by atoms with van der Waals surface area (Å²) in [6.07, 6.45) is 5.39. The number of hydrogen-bond acceptors (Lipinski definition) is 3. The summed E-state index contributed by atoms with van der Waals surface area (Å²) in [5.74, 6) is 2.82. The Balaban J connectivity index is 1.84. The van der Waals surface area contributed by atoms with Crippen LogP contribution in [-0.2, 0) is 0 Å². The summed E-state index contributed by atoms with van der Waals surface area (Å²) in [4.78, 5) is 0. The average Bonchev–Trinajstić information content (AvgIpc) is 2.69. The minimum atomic E-state index is 0.331. The van der Waals surface area contributed by atoms with Crippen LogP contribution in [-0.4, -0.2) is 35.8 Å². The minimum absolute atomic E-state index is 0.331. The first-order chi connectivity index (χ1) is 6.83. The van der Waals surface area contributed by atoms with Crippen molar-refractivity contribution in [2.45, 2.75) is 38.6 Å². The summed E-state index contributed by atoms with van der Waals surface area (Å²) < 4.78 is 0. The molecule has 1 aliphatic rings. The zero-order valence-corrected chi connectivity index (χ0v) is 9.98. The van der Waals surface area contributed by atoms with E-state index in [1.807, 2.05) is 11.8 Å². The van der Waals surface area contributed by atoms with Crippen molar-refractivity contribution in [2.24, 2.45) is 5.92 Å². The monoisotopic (exact) mass is 217 g/mol. The van der Waals surface area contributed by atoms with Gasteiger partial charge in [-0.1, -0.05) is 6.92 Å². The second kappa shape index (κ2) is 7.55. The van der Waals surface area contributed by atoms with Crippen molar-refractivity contribution >= 4 is 11.8 Å². The predicted octanol–water partition coefficient (Wildman–Crippen LogP) is 1.88. The average molecular weight is 217 g/mol. The smallest absolute Gasteiger partial charge is 0.0464 e. The molecule has 2 N–H and O–H groups in total. The van der Waals surface area contributed by atoms with Crippen molar-refractivity contribution in [1.29, 1.82) is 0 Å². The molecule has 1 heterocycles. The molecule has 1 rings (SSSR count). The standard InChI is InChI=1S/C11H23NOS/c1-10(8-13)9-14-7-3-5-11-4-2-6-12-11/h10-13H,2-9H2,1H3. The first kappa shape index (κ1) is 12.3. The van der Waals surface area contributed by atoms with Crippen molar-refractivity contribution in [3.8, 4) is 0 Å². The number of nitrogens with one attached hydrogen (secondary N) is 1. The molecule has 0 bridgehead atoms. The lowest BCUT2D eigenvalue weighted by atomic mass is 10.1. The van der Waals surface area contributed by atoms with Crippen molar-refractivity contribution in [3.05, 3.63) is 0 Å². The summed E-state index contributed by atoms with van der Waals surface area (Å²) >= 11 is 1.98. The molecule has 2 nitrogen and oxygen atoms in total. The number of rotatable bonds is 7. The van der Waals surface area contributed by atoms with Gasteiger partial charge in [0, 0.05) is 12.6 Å². The zero-order valence-electron chi connectivity index (χ0n) is 9.17. The molecule has 2 atom stereocenters. The van der Waals surface area contributed by atoms with Gasteiger partial charge in [-0.25, -0.2) is 0 Å². The van der Waals surface area contributed by atoms with Gasteiger partial charge in [0.15, 0.2) is 0 Å². The van der Waals surface area contributed by atoms with Crippen molar-refractivity contribution in [2.75, 3.05) is 24.7 Å². The van der Waals surface area contributed by atoms with E-state index < -0.39 is 0 Å². The molecular formula is C11H23NOS. The van der Waals surface area contributed by atoms with Gasteiger partial charge in [0.25, 0.3) is 0 Å². The Morgan fingerprint density at radius 1 is 1.57 bits per heavy atom. The Kier molecular flexibility index (Phi) is 6.65. The van der Waals surface area contributed by atoms with E-state index >= 15 is 0 Å². The van der Waals surface area contributed by atoms with E-state index in [4.69, 9.17) is 5.11 Å². The third kappa shape index (κ3) is 5.23. The number of thioether (sulfide) groups is 1. The summed E-state index contributed by atoms with van der Waals surface area (Å²) in [5.41, 5.74) is 0. The van der Waals surface area contributed by atoms with Crippen molar-refractivity contribution < 1.29 is 5.11 Å². The molecular weight excluding hydrogens is 194 g/mol. The number of hydrogen-bond donors (Lipinski definition) is 2. The first-order valence-corrected chi connectivity index (χ1v) is 6.90. The second-order valence-electron chi connectivity index (χ2n) is 4.30. The zero-order chi connectivity index (χ0) is 10.2. The molecule has 1 saturated heterocycles. The molecule has 84 valence electrons. The third-order valence-electron chi connectivity index (χ3n) is 2.72. The molecule has 0 amide bonds. The van der Waals surface area contributed by atoms with Gasteiger partial charge < -0.3 is 10.4 Å². The Bertz CT molecular complexity index is 137. The van der Waals surface area contributed by atoms with Crippen LogP contribution in [0.4, 0.5) is 0 Å². The van der Waals surface area contributed by atoms with E-state index in [0.717, 1.165) is 11.8 Å². The maximum Gasteiger partial charge on any atom is 0.0464 e. The SMILES string of the molecule is CC(CO)CSCCCC1CCCN1. The molecule has 0 aromatic carbocycles. The predicted molar refractivity (Wildman–Crippen MR) is 63.8 cm³/mol. The third-order valence-corrected chi connectivity index (χ3v) is 4.10.